The van der Waals surface area contributed by atoms with E-state index in [-0.39, 0.29) is 44.5 Å². The molecular formula is C9H14N3O2Y-. The molecule has 15 heavy (non-hydrogen) atoms. The monoisotopic (exact) mass is 285 g/mol. The maximum atomic E-state index is 11.0. The number of carbonyl (C=O) groups is 2. The van der Waals surface area contributed by atoms with E-state index < -0.39 is 0 Å². The first-order chi connectivity index (χ1) is 6.66. The molecule has 0 aromatic rings. The van der Waals surface area contributed by atoms with Crippen molar-refractivity contribution in [2.75, 3.05) is 32.7 Å². The summed E-state index contributed by atoms with van der Waals surface area (Å²) in [5.41, 5.74) is 0. The van der Waals surface area contributed by atoms with Crippen LogP contribution in [0.4, 0.5) is 0 Å². The van der Waals surface area contributed by atoms with Crippen LogP contribution in [0.2, 0.25) is 0 Å². The van der Waals surface area contributed by atoms with E-state index in [1.165, 1.54) is 0 Å². The fourth-order valence-corrected chi connectivity index (χ4v) is 1.86. The van der Waals surface area contributed by atoms with E-state index in [4.69, 9.17) is 0 Å². The second kappa shape index (κ2) is 5.37. The van der Waals surface area contributed by atoms with Gasteiger partial charge in [0.25, 0.3) is 0 Å². The molecule has 0 N–H and O–H groups in total. The van der Waals surface area contributed by atoms with Crippen LogP contribution in [-0.4, -0.2) is 60.4 Å². The summed E-state index contributed by atoms with van der Waals surface area (Å²) >= 11 is 0. The second-order valence-corrected chi connectivity index (χ2v) is 3.82. The quantitative estimate of drug-likeness (QED) is 0.648. The average molecular weight is 285 g/mol. The van der Waals surface area contributed by atoms with Crippen LogP contribution in [0.1, 0.15) is 6.92 Å². The van der Waals surface area contributed by atoms with Crippen LogP contribution >= 0.6 is 0 Å². The number of hydrogen-bond acceptors (Lipinski definition) is 3. The predicted octanol–water partition coefficient (Wildman–Crippen LogP) is -0.569. The molecule has 6 heteroatoms. The fraction of sp³-hybridized carbons (Fsp3) is 0.778. The van der Waals surface area contributed by atoms with Crippen molar-refractivity contribution < 1.29 is 42.3 Å². The Kier molecular flexibility index (Phi) is 4.68. The van der Waals surface area contributed by atoms with E-state index in [2.05, 4.69) is 10.2 Å². The molecule has 2 rings (SSSR count). The molecular weight excluding hydrogens is 271 g/mol. The Morgan fingerprint density at radius 2 is 2.13 bits per heavy atom. The van der Waals surface area contributed by atoms with Gasteiger partial charge in [0.1, 0.15) is 0 Å². The summed E-state index contributed by atoms with van der Waals surface area (Å²) in [4.78, 5) is 25.9. The molecule has 2 aliphatic rings. The van der Waals surface area contributed by atoms with Gasteiger partial charge in [-0.25, -0.2) is 0 Å². The maximum absolute atomic E-state index is 11.0. The molecule has 0 aromatic carbocycles. The summed E-state index contributed by atoms with van der Waals surface area (Å²) in [7, 11) is 0. The molecule has 2 fully saturated rings. The molecule has 2 saturated heterocycles. The first-order valence-corrected chi connectivity index (χ1v) is 4.86. The minimum absolute atomic E-state index is 0. The zero-order chi connectivity index (χ0) is 10.1. The first-order valence-electron chi connectivity index (χ1n) is 4.86. The summed E-state index contributed by atoms with van der Waals surface area (Å²) in [5, 5.41) is 3.81. The number of amides is 2. The molecule has 0 saturated carbocycles. The summed E-state index contributed by atoms with van der Waals surface area (Å²) < 4.78 is 0. The summed E-state index contributed by atoms with van der Waals surface area (Å²) in [6.45, 7) is 4.99. The predicted molar refractivity (Wildman–Crippen MR) is 50.8 cm³/mol. The third-order valence-corrected chi connectivity index (χ3v) is 2.84. The van der Waals surface area contributed by atoms with E-state index in [1.807, 2.05) is 0 Å². The number of rotatable bonds is 1. The van der Waals surface area contributed by atoms with Crippen molar-refractivity contribution >= 4 is 11.8 Å². The van der Waals surface area contributed by atoms with Crippen LogP contribution in [0.5, 0.6) is 0 Å². The normalized spacial score (nSPS) is 22.7. The number of nitrogens with zero attached hydrogens (tertiary/aromatic N) is 3. The largest absolute Gasteiger partial charge is 0.651 e. The van der Waals surface area contributed by atoms with Gasteiger partial charge in [0.15, 0.2) is 0 Å². The van der Waals surface area contributed by atoms with Gasteiger partial charge in [-0.15, -0.1) is 6.54 Å². The van der Waals surface area contributed by atoms with Crippen molar-refractivity contribution in [1.29, 1.82) is 0 Å². The van der Waals surface area contributed by atoms with Gasteiger partial charge in [-0.2, -0.15) is 0 Å². The van der Waals surface area contributed by atoms with Crippen LogP contribution in [-0.2, 0) is 42.3 Å². The second-order valence-electron chi connectivity index (χ2n) is 3.82. The van der Waals surface area contributed by atoms with Crippen molar-refractivity contribution in [2.45, 2.75) is 13.0 Å². The van der Waals surface area contributed by atoms with E-state index in [0.29, 0.717) is 19.1 Å². The van der Waals surface area contributed by atoms with E-state index >= 15 is 0 Å². The maximum Gasteiger partial charge on any atom is 0.219 e. The fourth-order valence-electron chi connectivity index (χ4n) is 1.86. The van der Waals surface area contributed by atoms with Gasteiger partial charge >= 0.3 is 0 Å². The zero-order valence-corrected chi connectivity index (χ0v) is 11.7. The van der Waals surface area contributed by atoms with Gasteiger partial charge < -0.3 is 15.0 Å². The van der Waals surface area contributed by atoms with E-state index in [1.54, 1.807) is 11.8 Å². The topological polar surface area (TPSA) is 54.7 Å². The Morgan fingerprint density at radius 1 is 1.47 bits per heavy atom. The van der Waals surface area contributed by atoms with Crippen molar-refractivity contribution in [3.63, 3.8) is 0 Å². The Morgan fingerprint density at radius 3 is 2.67 bits per heavy atom. The standard InChI is InChI=1S/C9H15N3O2.Y/c1-7(13)12-4-8(5-12)11-3-2-10-9(14)6-11;/h8H,2-6H2,1H3,(H,10,14);/p-1. The molecule has 0 spiro atoms. The van der Waals surface area contributed by atoms with Crippen molar-refractivity contribution in [3.8, 4) is 0 Å². The molecule has 0 aromatic heterocycles. The SMILES string of the molecule is CC(=O)N1CC(N2CC[N-]C(=O)C2)C1.[Y]. The Bertz CT molecular complexity index is 266. The van der Waals surface area contributed by atoms with Gasteiger partial charge in [-0.05, 0) is 6.54 Å². The van der Waals surface area contributed by atoms with Crippen molar-refractivity contribution in [1.82, 2.24) is 9.80 Å². The molecule has 1 radical (unpaired) electrons. The summed E-state index contributed by atoms with van der Waals surface area (Å²) in [5.74, 6) is 0.0896. The molecule has 0 aliphatic carbocycles. The third-order valence-electron chi connectivity index (χ3n) is 2.84. The Hall–Kier alpha value is 0.00390. The van der Waals surface area contributed by atoms with Gasteiger partial charge in [-0.3, -0.25) is 9.69 Å². The zero-order valence-electron chi connectivity index (χ0n) is 8.85. The van der Waals surface area contributed by atoms with Gasteiger partial charge in [-0.1, -0.05) is 0 Å². The van der Waals surface area contributed by atoms with Gasteiger partial charge in [0.2, 0.25) is 5.91 Å². The molecule has 2 aliphatic heterocycles. The third kappa shape index (κ3) is 2.98. The first kappa shape index (κ1) is 13.1. The van der Waals surface area contributed by atoms with E-state index in [9.17, 15) is 9.59 Å². The number of piperazine rings is 1. The molecule has 2 amide bonds. The molecule has 0 bridgehead atoms. The molecule has 2 heterocycles. The Labute approximate surface area is 114 Å². The number of carbonyl (C=O) groups excluding carboxylic acids is 2. The molecule has 0 unspecified atom stereocenters. The average Bonchev–Trinajstić information content (AvgIpc) is 2.00. The van der Waals surface area contributed by atoms with Crippen molar-refractivity contribution in [3.05, 3.63) is 5.32 Å². The summed E-state index contributed by atoms with van der Waals surface area (Å²) in [6, 6.07) is 0.373. The molecule has 5 nitrogen and oxygen atoms in total. The molecule has 0 atom stereocenters. The smallest absolute Gasteiger partial charge is 0.219 e. The van der Waals surface area contributed by atoms with Crippen LogP contribution in [0.3, 0.4) is 0 Å². The van der Waals surface area contributed by atoms with Crippen LogP contribution in [0.25, 0.3) is 5.32 Å². The Balaban J connectivity index is 0.00000112. The number of likely N-dealkylation sites (tertiary alicyclic amines) is 1. The van der Waals surface area contributed by atoms with Crippen LogP contribution in [0, 0.1) is 0 Å². The minimum atomic E-state index is -0.0301. The number of hydrogen-bond donors (Lipinski definition) is 0. The molecule has 81 valence electrons. The van der Waals surface area contributed by atoms with Gasteiger partial charge in [0.05, 0.1) is 5.91 Å². The minimum Gasteiger partial charge on any atom is -0.651 e. The van der Waals surface area contributed by atoms with Crippen molar-refractivity contribution in [2.24, 2.45) is 0 Å². The van der Waals surface area contributed by atoms with Crippen LogP contribution < -0.4 is 0 Å². The van der Waals surface area contributed by atoms with E-state index in [0.717, 1.165) is 19.6 Å². The summed E-state index contributed by atoms with van der Waals surface area (Å²) in [6.07, 6.45) is 0. The van der Waals surface area contributed by atoms with Gasteiger partial charge in [0, 0.05) is 65.3 Å². The van der Waals surface area contributed by atoms with Crippen LogP contribution in [0.15, 0.2) is 0 Å².